The number of ether oxygens (including phenoxy) is 2. The Labute approximate surface area is 187 Å². The maximum absolute atomic E-state index is 13.3. The van der Waals surface area contributed by atoms with Crippen molar-refractivity contribution in [3.63, 3.8) is 0 Å². The molecule has 166 valence electrons. The lowest BCUT2D eigenvalue weighted by Gasteiger charge is -2.22. The van der Waals surface area contributed by atoms with E-state index in [1.165, 1.54) is 4.31 Å². The number of carbonyl (C=O) groups excluding carboxylic acids is 1. The summed E-state index contributed by atoms with van der Waals surface area (Å²) >= 11 is 0. The third kappa shape index (κ3) is 5.09. The Morgan fingerprint density at radius 3 is 2.34 bits per heavy atom. The van der Waals surface area contributed by atoms with Crippen LogP contribution in [0, 0.1) is 6.92 Å². The molecule has 7 nitrogen and oxygen atoms in total. The summed E-state index contributed by atoms with van der Waals surface area (Å²) in [6, 6.07) is 20.9. The van der Waals surface area contributed by atoms with Gasteiger partial charge in [0.15, 0.2) is 11.5 Å². The number of anilines is 1. The Kier molecular flexibility index (Phi) is 6.43. The molecule has 1 N–H and O–H groups in total. The van der Waals surface area contributed by atoms with Crippen LogP contribution in [-0.2, 0) is 21.4 Å². The van der Waals surface area contributed by atoms with E-state index in [1.807, 2.05) is 37.3 Å². The van der Waals surface area contributed by atoms with Gasteiger partial charge < -0.3 is 14.8 Å². The zero-order valence-electron chi connectivity index (χ0n) is 17.7. The van der Waals surface area contributed by atoms with Gasteiger partial charge in [0.05, 0.1) is 11.4 Å². The highest BCUT2D eigenvalue weighted by Crippen LogP contribution is 2.32. The molecule has 8 heteroatoms. The minimum absolute atomic E-state index is 0.0750. The monoisotopic (exact) mass is 452 g/mol. The van der Waals surface area contributed by atoms with Gasteiger partial charge in [-0.05, 0) is 36.8 Å². The largest absolute Gasteiger partial charge is 0.486 e. The number of nitrogens with one attached hydrogen (secondary N) is 1. The molecule has 1 aliphatic rings. The molecule has 0 fully saturated rings. The number of rotatable bonds is 7. The number of nitrogens with zero attached hydrogens (tertiary/aromatic N) is 1. The quantitative estimate of drug-likeness (QED) is 0.592. The van der Waals surface area contributed by atoms with Crippen LogP contribution in [0.25, 0.3) is 0 Å². The van der Waals surface area contributed by atoms with Gasteiger partial charge in [-0.1, -0.05) is 48.0 Å². The fourth-order valence-corrected chi connectivity index (χ4v) is 4.74. The highest BCUT2D eigenvalue weighted by molar-refractivity contribution is 7.89. The van der Waals surface area contributed by atoms with E-state index in [0.717, 1.165) is 11.1 Å². The molecule has 1 aliphatic heterocycles. The number of aryl methyl sites for hydroxylation is 1. The van der Waals surface area contributed by atoms with Gasteiger partial charge in [-0.15, -0.1) is 0 Å². The fraction of sp³-hybridized carbons (Fsp3) is 0.208. The molecule has 0 saturated heterocycles. The van der Waals surface area contributed by atoms with E-state index in [9.17, 15) is 13.2 Å². The lowest BCUT2D eigenvalue weighted by Crippen LogP contribution is -2.37. The first kappa shape index (κ1) is 21.9. The summed E-state index contributed by atoms with van der Waals surface area (Å²) in [6.07, 6.45) is 0. The van der Waals surface area contributed by atoms with Crippen molar-refractivity contribution < 1.29 is 22.7 Å². The zero-order chi connectivity index (χ0) is 22.6. The van der Waals surface area contributed by atoms with E-state index in [1.54, 1.807) is 42.5 Å². The summed E-state index contributed by atoms with van der Waals surface area (Å²) < 4.78 is 38.9. The van der Waals surface area contributed by atoms with Gasteiger partial charge in [0.1, 0.15) is 13.2 Å². The number of hydrogen-bond acceptors (Lipinski definition) is 5. The number of sulfonamides is 1. The van der Waals surface area contributed by atoms with Gasteiger partial charge in [-0.25, -0.2) is 8.42 Å². The Bertz CT molecular complexity index is 1190. The van der Waals surface area contributed by atoms with E-state index < -0.39 is 15.9 Å². The Hall–Kier alpha value is -3.36. The lowest BCUT2D eigenvalue weighted by atomic mass is 10.2. The van der Waals surface area contributed by atoms with Crippen LogP contribution in [0.2, 0.25) is 0 Å². The minimum atomic E-state index is -3.89. The highest BCUT2D eigenvalue weighted by Gasteiger charge is 2.27. The number of benzene rings is 3. The van der Waals surface area contributed by atoms with Crippen molar-refractivity contribution in [1.82, 2.24) is 4.31 Å². The third-order valence-electron chi connectivity index (χ3n) is 5.01. The van der Waals surface area contributed by atoms with Gasteiger partial charge in [-0.2, -0.15) is 4.31 Å². The summed E-state index contributed by atoms with van der Waals surface area (Å²) in [4.78, 5) is 13.0. The first-order valence-corrected chi connectivity index (χ1v) is 11.7. The Morgan fingerprint density at radius 2 is 1.62 bits per heavy atom. The Balaban J connectivity index is 1.55. The van der Waals surface area contributed by atoms with Crippen LogP contribution in [0.5, 0.6) is 11.5 Å². The lowest BCUT2D eigenvalue weighted by molar-refractivity contribution is -0.116. The van der Waals surface area contributed by atoms with Crippen LogP contribution >= 0.6 is 0 Å². The molecule has 3 aromatic carbocycles. The van der Waals surface area contributed by atoms with E-state index in [0.29, 0.717) is 30.4 Å². The maximum Gasteiger partial charge on any atom is 0.243 e. The molecule has 0 atom stereocenters. The molecule has 0 spiro atoms. The van der Waals surface area contributed by atoms with E-state index >= 15 is 0 Å². The van der Waals surface area contributed by atoms with Crippen molar-refractivity contribution in [3.05, 3.63) is 83.9 Å². The van der Waals surface area contributed by atoms with Crippen molar-refractivity contribution in [3.8, 4) is 11.5 Å². The molecule has 1 heterocycles. The molecule has 3 aromatic rings. The van der Waals surface area contributed by atoms with E-state index in [2.05, 4.69) is 5.32 Å². The second-order valence-electron chi connectivity index (χ2n) is 7.48. The average Bonchev–Trinajstić information content (AvgIpc) is 2.79. The molecule has 4 rings (SSSR count). The number of hydrogen-bond donors (Lipinski definition) is 1. The van der Waals surface area contributed by atoms with Crippen LogP contribution in [-0.4, -0.2) is 38.4 Å². The fourth-order valence-electron chi connectivity index (χ4n) is 3.35. The molecular formula is C24H24N2O5S. The van der Waals surface area contributed by atoms with Gasteiger partial charge in [0.25, 0.3) is 0 Å². The first-order chi connectivity index (χ1) is 15.4. The second kappa shape index (κ2) is 9.42. The zero-order valence-corrected chi connectivity index (χ0v) is 18.5. The van der Waals surface area contributed by atoms with Gasteiger partial charge in [0.2, 0.25) is 15.9 Å². The average molecular weight is 453 g/mol. The predicted molar refractivity (Wildman–Crippen MR) is 121 cm³/mol. The molecule has 0 unspecified atom stereocenters. The number of amides is 1. The standard InChI is InChI=1S/C24H24N2O5S/c1-18-7-10-21(11-8-18)32(28,29)26(16-19-5-3-2-4-6-19)17-24(27)25-20-9-12-22-23(15-20)31-14-13-30-22/h2-12,15H,13-14,16-17H2,1H3,(H,25,27). The summed E-state index contributed by atoms with van der Waals surface area (Å²) in [5, 5.41) is 2.76. The highest BCUT2D eigenvalue weighted by atomic mass is 32.2. The van der Waals surface area contributed by atoms with Crippen molar-refractivity contribution in [2.75, 3.05) is 25.1 Å². The summed E-state index contributed by atoms with van der Waals surface area (Å²) in [5.41, 5.74) is 2.25. The second-order valence-corrected chi connectivity index (χ2v) is 9.42. The number of fused-ring (bicyclic) bond motifs is 1. The van der Waals surface area contributed by atoms with Crippen molar-refractivity contribution in [1.29, 1.82) is 0 Å². The van der Waals surface area contributed by atoms with Crippen LogP contribution in [0.1, 0.15) is 11.1 Å². The molecular weight excluding hydrogens is 428 g/mol. The molecule has 32 heavy (non-hydrogen) atoms. The van der Waals surface area contributed by atoms with Gasteiger partial charge >= 0.3 is 0 Å². The maximum atomic E-state index is 13.3. The molecule has 0 aromatic heterocycles. The van der Waals surface area contributed by atoms with Crippen LogP contribution in [0.4, 0.5) is 5.69 Å². The molecule has 1 amide bonds. The SMILES string of the molecule is Cc1ccc(S(=O)(=O)N(CC(=O)Nc2ccc3c(c2)OCCO3)Cc2ccccc2)cc1. The van der Waals surface area contributed by atoms with Gasteiger partial charge in [-0.3, -0.25) is 4.79 Å². The summed E-state index contributed by atoms with van der Waals surface area (Å²) in [6.45, 7) is 2.54. The smallest absolute Gasteiger partial charge is 0.243 e. The Morgan fingerprint density at radius 1 is 0.938 bits per heavy atom. The van der Waals surface area contributed by atoms with Crippen molar-refractivity contribution in [2.45, 2.75) is 18.4 Å². The molecule has 0 bridgehead atoms. The predicted octanol–water partition coefficient (Wildman–Crippen LogP) is 3.60. The normalized spacial score (nSPS) is 13.1. The molecule has 0 saturated carbocycles. The summed E-state index contributed by atoms with van der Waals surface area (Å²) in [7, 11) is -3.89. The van der Waals surface area contributed by atoms with Crippen molar-refractivity contribution in [2.24, 2.45) is 0 Å². The van der Waals surface area contributed by atoms with Crippen LogP contribution < -0.4 is 14.8 Å². The first-order valence-electron chi connectivity index (χ1n) is 10.2. The van der Waals surface area contributed by atoms with Gasteiger partial charge in [0, 0.05) is 18.3 Å². The molecule has 0 radical (unpaired) electrons. The van der Waals surface area contributed by atoms with E-state index in [-0.39, 0.29) is 18.0 Å². The van der Waals surface area contributed by atoms with E-state index in [4.69, 9.17) is 9.47 Å². The summed E-state index contributed by atoms with van der Waals surface area (Å²) in [5.74, 6) is 0.706. The minimum Gasteiger partial charge on any atom is -0.486 e. The van der Waals surface area contributed by atoms with Crippen molar-refractivity contribution >= 4 is 21.6 Å². The number of carbonyl (C=O) groups is 1. The topological polar surface area (TPSA) is 84.9 Å². The van der Waals surface area contributed by atoms with Crippen LogP contribution in [0.3, 0.4) is 0 Å². The third-order valence-corrected chi connectivity index (χ3v) is 6.81. The molecule has 0 aliphatic carbocycles. The van der Waals surface area contributed by atoms with Crippen LogP contribution in [0.15, 0.2) is 77.7 Å².